The number of aromatic nitrogens is 1. The number of hydrogen-bond acceptors (Lipinski definition) is 2. The molecule has 1 fully saturated rings. The number of H-pyrrole nitrogens is 1. The van der Waals surface area contributed by atoms with E-state index in [4.69, 9.17) is 0 Å². The van der Waals surface area contributed by atoms with Gasteiger partial charge in [0.15, 0.2) is 0 Å². The van der Waals surface area contributed by atoms with Crippen LogP contribution in [0.3, 0.4) is 0 Å². The molecule has 0 unspecified atom stereocenters. The van der Waals surface area contributed by atoms with Gasteiger partial charge in [0.2, 0.25) is 5.91 Å². The van der Waals surface area contributed by atoms with Crippen molar-refractivity contribution in [2.75, 3.05) is 20.1 Å². The molecule has 1 aromatic carbocycles. The molecule has 2 heterocycles. The number of nitrogens with one attached hydrogen (secondary N) is 2. The quantitative estimate of drug-likeness (QED) is 0.459. The van der Waals surface area contributed by atoms with Crippen LogP contribution in [0.4, 0.5) is 0 Å². The maximum absolute atomic E-state index is 12.8. The summed E-state index contributed by atoms with van der Waals surface area (Å²) in [7, 11) is 1.86. The number of fused-ring (bicyclic) bond motifs is 1. The first kappa shape index (κ1) is 25.3. The summed E-state index contributed by atoms with van der Waals surface area (Å²) in [5, 5.41) is 4.49. The molecule has 1 aromatic heterocycles. The zero-order valence-corrected chi connectivity index (χ0v) is 21.9. The predicted octanol–water partition coefficient (Wildman–Crippen LogP) is 6.75. The second kappa shape index (κ2) is 10.3. The van der Waals surface area contributed by atoms with E-state index in [9.17, 15) is 4.79 Å². The maximum Gasteiger partial charge on any atom is 0.242 e. The molecule has 4 nitrogen and oxygen atoms in total. The fraction of sp³-hybridized carbons (Fsp3) is 0.552. The van der Waals surface area contributed by atoms with Gasteiger partial charge in [0.25, 0.3) is 0 Å². The summed E-state index contributed by atoms with van der Waals surface area (Å²) in [4.78, 5) is 18.6. The van der Waals surface area contributed by atoms with Gasteiger partial charge in [-0.25, -0.2) is 0 Å². The molecule has 1 saturated heterocycles. The van der Waals surface area contributed by atoms with E-state index in [-0.39, 0.29) is 5.91 Å². The van der Waals surface area contributed by atoms with Crippen LogP contribution < -0.4 is 5.32 Å². The molecule has 0 bridgehead atoms. The lowest BCUT2D eigenvalue weighted by molar-refractivity contribution is -0.138. The average Bonchev–Trinajstić information content (AvgIpc) is 3.17. The minimum absolute atomic E-state index is 0.200. The van der Waals surface area contributed by atoms with Crippen LogP contribution in [0.2, 0.25) is 0 Å². The number of carbonyl (C=O) groups is 1. The molecule has 33 heavy (non-hydrogen) atoms. The minimum Gasteiger partial charge on any atom is -0.354 e. The number of rotatable bonds is 7. The van der Waals surface area contributed by atoms with Crippen LogP contribution in [-0.2, 0) is 4.79 Å². The topological polar surface area (TPSA) is 48.1 Å². The Morgan fingerprint density at radius 2 is 1.91 bits per heavy atom. The Labute approximate surface area is 200 Å². The van der Waals surface area contributed by atoms with Crippen molar-refractivity contribution in [3.8, 4) is 0 Å². The third-order valence-corrected chi connectivity index (χ3v) is 7.01. The summed E-state index contributed by atoms with van der Waals surface area (Å²) in [5.74, 6) is 1.13. The molecule has 1 aliphatic heterocycles. The monoisotopic (exact) mass is 449 g/mol. The van der Waals surface area contributed by atoms with Gasteiger partial charge < -0.3 is 15.2 Å². The standard InChI is InChI=1S/C29H43N3O/c1-9-10-23(17-19(2)3)27-26(20(4)5)24-18-22(11-12-25(24)31-27)21-13-15-32(16-14-21)28(33)29(6,7)30-8/h10-12,17-18,20-21,30-31H,9,13-16H2,1-8H3/b23-10+. The fourth-order valence-electron chi connectivity index (χ4n) is 4.99. The molecule has 3 rings (SSSR count). The van der Waals surface area contributed by atoms with Crippen LogP contribution in [0.5, 0.6) is 0 Å². The van der Waals surface area contributed by atoms with E-state index in [1.54, 1.807) is 0 Å². The molecule has 1 aliphatic rings. The molecular weight excluding hydrogens is 406 g/mol. The lowest BCUT2D eigenvalue weighted by Gasteiger charge is -2.37. The van der Waals surface area contributed by atoms with Crippen molar-refractivity contribution in [1.29, 1.82) is 0 Å². The SMILES string of the molecule is CC/C=C(\C=C(C)C)c1[nH]c2ccc(C3CCN(C(=O)C(C)(C)NC)CC3)cc2c1C(C)C. The highest BCUT2D eigenvalue weighted by Crippen LogP contribution is 2.37. The lowest BCUT2D eigenvalue weighted by Crippen LogP contribution is -2.54. The van der Waals surface area contributed by atoms with Crippen LogP contribution in [0.1, 0.15) is 96.4 Å². The van der Waals surface area contributed by atoms with E-state index < -0.39 is 5.54 Å². The lowest BCUT2D eigenvalue weighted by atomic mass is 9.87. The number of amides is 1. The Morgan fingerprint density at radius 1 is 1.24 bits per heavy atom. The molecule has 0 aliphatic carbocycles. The number of benzene rings is 1. The number of hydrogen-bond donors (Lipinski definition) is 2. The zero-order chi connectivity index (χ0) is 24.3. The second-order valence-corrected chi connectivity index (χ2v) is 10.6. The summed E-state index contributed by atoms with van der Waals surface area (Å²) >= 11 is 0. The Bertz CT molecular complexity index is 1040. The van der Waals surface area contributed by atoms with E-state index >= 15 is 0 Å². The fourth-order valence-corrected chi connectivity index (χ4v) is 4.99. The molecule has 4 heteroatoms. The molecule has 180 valence electrons. The van der Waals surface area contributed by atoms with Crippen molar-refractivity contribution < 1.29 is 4.79 Å². The van der Waals surface area contributed by atoms with Crippen LogP contribution in [0.25, 0.3) is 16.5 Å². The van der Waals surface area contributed by atoms with E-state index in [0.717, 1.165) is 32.4 Å². The summed E-state index contributed by atoms with van der Waals surface area (Å²) < 4.78 is 0. The largest absolute Gasteiger partial charge is 0.354 e. The number of nitrogens with zero attached hydrogens (tertiary/aromatic N) is 1. The van der Waals surface area contributed by atoms with Crippen LogP contribution in [0.15, 0.2) is 35.9 Å². The summed E-state index contributed by atoms with van der Waals surface area (Å²) in [5.41, 5.74) is 7.38. The third kappa shape index (κ3) is 5.43. The van der Waals surface area contributed by atoms with Crippen molar-refractivity contribution in [3.63, 3.8) is 0 Å². The molecule has 2 aromatic rings. The van der Waals surface area contributed by atoms with Crippen molar-refractivity contribution in [1.82, 2.24) is 15.2 Å². The van der Waals surface area contributed by atoms with Crippen LogP contribution in [0, 0.1) is 0 Å². The van der Waals surface area contributed by atoms with Crippen molar-refractivity contribution in [3.05, 3.63) is 52.7 Å². The van der Waals surface area contributed by atoms with E-state index in [0.29, 0.717) is 11.8 Å². The number of carbonyl (C=O) groups excluding carboxylic acids is 1. The summed E-state index contributed by atoms with van der Waals surface area (Å²) in [6, 6.07) is 6.96. The first-order valence-electron chi connectivity index (χ1n) is 12.6. The van der Waals surface area contributed by atoms with Gasteiger partial charge in [-0.15, -0.1) is 0 Å². The van der Waals surface area contributed by atoms with Crippen LogP contribution in [-0.4, -0.2) is 41.5 Å². The molecule has 1 amide bonds. The highest BCUT2D eigenvalue weighted by atomic mass is 16.2. The highest BCUT2D eigenvalue weighted by Gasteiger charge is 2.33. The number of likely N-dealkylation sites (N-methyl/N-ethyl adjacent to an activating group) is 1. The highest BCUT2D eigenvalue weighted by molar-refractivity contribution is 5.92. The van der Waals surface area contributed by atoms with Gasteiger partial charge in [0, 0.05) is 29.7 Å². The smallest absolute Gasteiger partial charge is 0.242 e. The number of allylic oxidation sites excluding steroid dienone is 4. The zero-order valence-electron chi connectivity index (χ0n) is 21.9. The average molecular weight is 450 g/mol. The van der Waals surface area contributed by atoms with E-state index in [2.05, 4.69) is 75.3 Å². The Balaban J connectivity index is 1.92. The number of aromatic amines is 1. The van der Waals surface area contributed by atoms with Crippen molar-refractivity contribution in [2.24, 2.45) is 0 Å². The maximum atomic E-state index is 12.8. The Hall–Kier alpha value is -2.33. The minimum atomic E-state index is -0.506. The molecule has 0 radical (unpaired) electrons. The van der Waals surface area contributed by atoms with Gasteiger partial charge in [0.05, 0.1) is 5.54 Å². The van der Waals surface area contributed by atoms with E-state index in [1.165, 1.54) is 38.9 Å². The summed E-state index contributed by atoms with van der Waals surface area (Å²) in [6.07, 6.45) is 7.66. The third-order valence-electron chi connectivity index (χ3n) is 7.01. The number of likely N-dealkylation sites (tertiary alicyclic amines) is 1. The van der Waals surface area contributed by atoms with Crippen molar-refractivity contribution >= 4 is 22.4 Å². The molecular formula is C29H43N3O. The first-order chi connectivity index (χ1) is 15.6. The first-order valence-corrected chi connectivity index (χ1v) is 12.6. The molecule has 0 saturated carbocycles. The van der Waals surface area contributed by atoms with Gasteiger partial charge in [-0.05, 0) is 94.7 Å². The second-order valence-electron chi connectivity index (χ2n) is 10.6. The van der Waals surface area contributed by atoms with Gasteiger partial charge in [-0.2, -0.15) is 0 Å². The van der Waals surface area contributed by atoms with E-state index in [1.807, 2.05) is 25.8 Å². The normalized spacial score (nSPS) is 16.0. The van der Waals surface area contributed by atoms with Crippen LogP contribution >= 0.6 is 0 Å². The molecule has 2 N–H and O–H groups in total. The molecule has 0 atom stereocenters. The van der Waals surface area contributed by atoms with Gasteiger partial charge in [-0.1, -0.05) is 44.6 Å². The van der Waals surface area contributed by atoms with Gasteiger partial charge >= 0.3 is 0 Å². The predicted molar refractivity (Wildman–Crippen MR) is 142 cm³/mol. The summed E-state index contributed by atoms with van der Waals surface area (Å²) in [6.45, 7) is 16.7. The molecule has 0 spiro atoms. The Kier molecular flexibility index (Phi) is 7.89. The number of piperidine rings is 1. The van der Waals surface area contributed by atoms with Gasteiger partial charge in [0.1, 0.15) is 0 Å². The van der Waals surface area contributed by atoms with Crippen molar-refractivity contribution in [2.45, 2.75) is 85.1 Å². The van der Waals surface area contributed by atoms with Gasteiger partial charge in [-0.3, -0.25) is 4.79 Å². The Morgan fingerprint density at radius 3 is 2.45 bits per heavy atom.